The molecular formula is C20H27N7O2. The molecule has 0 spiro atoms. The van der Waals surface area contributed by atoms with E-state index in [1.54, 1.807) is 4.90 Å². The van der Waals surface area contributed by atoms with Gasteiger partial charge in [-0.1, -0.05) is 31.1 Å². The van der Waals surface area contributed by atoms with E-state index >= 15 is 0 Å². The zero-order valence-corrected chi connectivity index (χ0v) is 17.0. The minimum atomic E-state index is -0.106. The van der Waals surface area contributed by atoms with Crippen molar-refractivity contribution in [1.82, 2.24) is 14.9 Å². The Morgan fingerprint density at radius 1 is 1.21 bits per heavy atom. The number of rotatable bonds is 5. The maximum absolute atomic E-state index is 12.6. The molecule has 1 aliphatic heterocycles. The molecule has 0 unspecified atom stereocenters. The molecule has 0 saturated carbocycles. The number of anilines is 3. The number of carbonyl (C=O) groups is 1. The molecule has 2 aromatic rings. The fourth-order valence-corrected chi connectivity index (χ4v) is 3.16. The van der Waals surface area contributed by atoms with Crippen molar-refractivity contribution in [3.63, 3.8) is 0 Å². The number of piperazine rings is 1. The van der Waals surface area contributed by atoms with Gasteiger partial charge in [-0.05, 0) is 23.6 Å². The molecule has 1 aliphatic rings. The predicted octanol–water partition coefficient (Wildman–Crippen LogP) is 2.52. The lowest BCUT2D eigenvalue weighted by molar-refractivity contribution is 0.208. The van der Waals surface area contributed by atoms with Gasteiger partial charge in [-0.15, -0.1) is 0 Å². The maximum Gasteiger partial charge on any atom is 0.321 e. The third kappa shape index (κ3) is 4.92. The number of hydrogen-bond donors (Lipinski definition) is 2. The second-order valence-corrected chi connectivity index (χ2v) is 7.09. The number of nitrogens with two attached hydrogens (primary N) is 1. The summed E-state index contributed by atoms with van der Waals surface area (Å²) in [6, 6.07) is 7.86. The van der Waals surface area contributed by atoms with Crippen LogP contribution in [0.1, 0.15) is 30.9 Å². The standard InChI is InChI=1S/C20H27N7O2/c1-14(2)15-4-6-16(7-5-15)25-20(28)27-10-8-26(9-11-27)19-17(12-24-29-3)18(21)22-13-23-19/h4-7,12-14H,8-11H2,1-3H3,(H,25,28)(H2,21,22,23). The first-order valence-electron chi connectivity index (χ1n) is 9.57. The summed E-state index contributed by atoms with van der Waals surface area (Å²) in [6.45, 7) is 6.69. The van der Waals surface area contributed by atoms with Gasteiger partial charge in [0.2, 0.25) is 0 Å². The zero-order valence-electron chi connectivity index (χ0n) is 17.0. The van der Waals surface area contributed by atoms with Crippen LogP contribution >= 0.6 is 0 Å². The second-order valence-electron chi connectivity index (χ2n) is 7.09. The van der Waals surface area contributed by atoms with Gasteiger partial charge in [0.05, 0.1) is 11.8 Å². The molecule has 0 radical (unpaired) electrons. The smallest absolute Gasteiger partial charge is 0.321 e. The van der Waals surface area contributed by atoms with Crippen LogP contribution in [0.2, 0.25) is 0 Å². The molecule has 0 aliphatic carbocycles. The molecule has 154 valence electrons. The Bertz CT molecular complexity index is 860. The van der Waals surface area contributed by atoms with Crippen molar-refractivity contribution in [2.24, 2.45) is 5.16 Å². The molecule has 9 nitrogen and oxygen atoms in total. The summed E-state index contributed by atoms with van der Waals surface area (Å²) >= 11 is 0. The summed E-state index contributed by atoms with van der Waals surface area (Å²) in [5.74, 6) is 1.48. The molecule has 3 rings (SSSR count). The van der Waals surface area contributed by atoms with E-state index in [1.807, 2.05) is 24.3 Å². The molecule has 2 heterocycles. The van der Waals surface area contributed by atoms with E-state index in [0.717, 1.165) is 5.69 Å². The molecule has 29 heavy (non-hydrogen) atoms. The van der Waals surface area contributed by atoms with Crippen LogP contribution in [0.25, 0.3) is 0 Å². The minimum absolute atomic E-state index is 0.106. The van der Waals surface area contributed by atoms with Crippen LogP contribution in [0.15, 0.2) is 35.7 Å². The lowest BCUT2D eigenvalue weighted by Gasteiger charge is -2.35. The minimum Gasteiger partial charge on any atom is -0.399 e. The largest absolute Gasteiger partial charge is 0.399 e. The molecule has 9 heteroatoms. The van der Waals surface area contributed by atoms with Crippen LogP contribution in [0.3, 0.4) is 0 Å². The van der Waals surface area contributed by atoms with Gasteiger partial charge in [0, 0.05) is 31.9 Å². The molecule has 1 fully saturated rings. The first kappa shape index (κ1) is 20.4. The first-order valence-corrected chi connectivity index (χ1v) is 9.57. The number of nitrogen functional groups attached to an aromatic ring is 1. The number of oxime groups is 1. The first-order chi connectivity index (χ1) is 14.0. The number of amides is 2. The molecule has 1 aromatic carbocycles. The summed E-state index contributed by atoms with van der Waals surface area (Å²) in [7, 11) is 1.46. The number of nitrogens with zero attached hydrogens (tertiary/aromatic N) is 5. The van der Waals surface area contributed by atoms with Gasteiger partial charge < -0.3 is 25.7 Å². The Morgan fingerprint density at radius 2 is 1.90 bits per heavy atom. The normalized spacial score (nSPS) is 14.5. The molecule has 0 atom stereocenters. The summed E-state index contributed by atoms with van der Waals surface area (Å²) in [5, 5.41) is 6.75. The highest BCUT2D eigenvalue weighted by molar-refractivity contribution is 5.92. The van der Waals surface area contributed by atoms with Crippen molar-refractivity contribution in [2.45, 2.75) is 19.8 Å². The number of carbonyl (C=O) groups excluding carboxylic acids is 1. The highest BCUT2D eigenvalue weighted by Gasteiger charge is 2.24. The van der Waals surface area contributed by atoms with Gasteiger partial charge in [-0.3, -0.25) is 0 Å². The third-order valence-corrected chi connectivity index (χ3v) is 4.88. The topological polar surface area (TPSA) is 109 Å². The van der Waals surface area contributed by atoms with E-state index in [-0.39, 0.29) is 6.03 Å². The fourth-order valence-electron chi connectivity index (χ4n) is 3.16. The third-order valence-electron chi connectivity index (χ3n) is 4.88. The van der Waals surface area contributed by atoms with Gasteiger partial charge >= 0.3 is 6.03 Å². The second kappa shape index (κ2) is 9.22. The van der Waals surface area contributed by atoms with Crippen LogP contribution in [0, 0.1) is 0 Å². The van der Waals surface area contributed by atoms with Gasteiger partial charge in [-0.2, -0.15) is 0 Å². The van der Waals surface area contributed by atoms with E-state index in [0.29, 0.717) is 49.3 Å². The maximum atomic E-state index is 12.6. The van der Waals surface area contributed by atoms with E-state index in [2.05, 4.69) is 39.2 Å². The summed E-state index contributed by atoms with van der Waals surface area (Å²) in [5.41, 5.74) is 8.61. The average Bonchev–Trinajstić information content (AvgIpc) is 2.73. The molecule has 0 bridgehead atoms. The van der Waals surface area contributed by atoms with Crippen molar-refractivity contribution in [3.05, 3.63) is 41.7 Å². The Balaban J connectivity index is 1.61. The van der Waals surface area contributed by atoms with Crippen molar-refractivity contribution >= 4 is 29.6 Å². The molecular weight excluding hydrogens is 370 g/mol. The zero-order chi connectivity index (χ0) is 20.8. The number of benzene rings is 1. The van der Waals surface area contributed by atoms with Crippen LogP contribution in [0.5, 0.6) is 0 Å². The van der Waals surface area contributed by atoms with Gasteiger partial charge in [0.1, 0.15) is 25.1 Å². The number of hydrogen-bond acceptors (Lipinski definition) is 7. The molecule has 1 aromatic heterocycles. The Kier molecular flexibility index (Phi) is 6.48. The SMILES string of the molecule is CON=Cc1c(N)ncnc1N1CCN(C(=O)Nc2ccc(C(C)C)cc2)CC1. The summed E-state index contributed by atoms with van der Waals surface area (Å²) < 4.78 is 0. The lowest BCUT2D eigenvalue weighted by atomic mass is 10.0. The van der Waals surface area contributed by atoms with Gasteiger partial charge in [0.25, 0.3) is 0 Å². The fraction of sp³-hybridized carbons (Fsp3) is 0.400. The Morgan fingerprint density at radius 3 is 2.52 bits per heavy atom. The van der Waals surface area contributed by atoms with Crippen molar-refractivity contribution in [1.29, 1.82) is 0 Å². The van der Waals surface area contributed by atoms with E-state index in [9.17, 15) is 4.79 Å². The molecule has 3 N–H and O–H groups in total. The Hall–Kier alpha value is -3.36. The number of aromatic nitrogens is 2. The highest BCUT2D eigenvalue weighted by atomic mass is 16.6. The van der Waals surface area contributed by atoms with Crippen molar-refractivity contribution in [3.8, 4) is 0 Å². The van der Waals surface area contributed by atoms with E-state index in [4.69, 9.17) is 10.6 Å². The van der Waals surface area contributed by atoms with Crippen molar-refractivity contribution in [2.75, 3.05) is 49.2 Å². The summed E-state index contributed by atoms with van der Waals surface area (Å²) in [4.78, 5) is 29.6. The monoisotopic (exact) mass is 397 g/mol. The van der Waals surface area contributed by atoms with E-state index in [1.165, 1.54) is 25.2 Å². The van der Waals surface area contributed by atoms with Gasteiger partial charge in [0.15, 0.2) is 0 Å². The molecule has 2 amide bonds. The van der Waals surface area contributed by atoms with E-state index < -0.39 is 0 Å². The number of nitrogens with one attached hydrogen (secondary N) is 1. The van der Waals surface area contributed by atoms with Crippen LogP contribution < -0.4 is 16.0 Å². The summed E-state index contributed by atoms with van der Waals surface area (Å²) in [6.07, 6.45) is 2.93. The Labute approximate surface area is 170 Å². The van der Waals surface area contributed by atoms with Crippen LogP contribution in [-0.4, -0.2) is 60.4 Å². The highest BCUT2D eigenvalue weighted by Crippen LogP contribution is 2.22. The van der Waals surface area contributed by atoms with Gasteiger partial charge in [-0.25, -0.2) is 14.8 Å². The quantitative estimate of drug-likeness (QED) is 0.593. The predicted molar refractivity (Wildman–Crippen MR) is 114 cm³/mol. The van der Waals surface area contributed by atoms with Crippen molar-refractivity contribution < 1.29 is 9.63 Å². The molecule has 1 saturated heterocycles. The number of urea groups is 1. The average molecular weight is 397 g/mol. The van der Waals surface area contributed by atoms with Crippen LogP contribution in [0.4, 0.5) is 22.1 Å². The lowest BCUT2D eigenvalue weighted by Crippen LogP contribution is -2.50. The van der Waals surface area contributed by atoms with Crippen LogP contribution in [-0.2, 0) is 4.84 Å².